The largest absolute Gasteiger partial charge is 0.269 e. The molecule has 1 aliphatic heterocycles. The van der Waals surface area contributed by atoms with Gasteiger partial charge < -0.3 is 0 Å². The fraction of sp³-hybridized carbons (Fsp3) is 0.250. The Bertz CT molecular complexity index is 804. The molecule has 1 atom stereocenters. The van der Waals surface area contributed by atoms with Gasteiger partial charge in [0.05, 0.1) is 16.7 Å². The monoisotopic (exact) mass is 332 g/mol. The summed E-state index contributed by atoms with van der Waals surface area (Å²) in [6.45, 7) is 0.509. The Morgan fingerprint density at radius 2 is 1.74 bits per heavy atom. The van der Waals surface area contributed by atoms with E-state index in [-0.39, 0.29) is 17.5 Å². The van der Waals surface area contributed by atoms with Gasteiger partial charge in [-0.15, -0.1) is 0 Å². The van der Waals surface area contributed by atoms with Crippen LogP contribution in [-0.4, -0.2) is 24.2 Å². The zero-order valence-corrected chi connectivity index (χ0v) is 13.1. The average molecular weight is 332 g/mol. The second-order valence-electron chi connectivity index (χ2n) is 5.51. The molecule has 2 aromatic carbocycles. The van der Waals surface area contributed by atoms with Crippen molar-refractivity contribution in [3.8, 4) is 0 Å². The molecular formula is C16H16N2O4S. The van der Waals surface area contributed by atoms with Crippen molar-refractivity contribution in [2.45, 2.75) is 18.2 Å². The van der Waals surface area contributed by atoms with E-state index >= 15 is 0 Å². The highest BCUT2D eigenvalue weighted by atomic mass is 32.2. The Morgan fingerprint density at radius 3 is 2.26 bits per heavy atom. The first-order valence-corrected chi connectivity index (χ1v) is 8.86. The molecule has 0 bridgehead atoms. The molecule has 7 heteroatoms. The molecule has 1 fully saturated rings. The van der Waals surface area contributed by atoms with Crippen LogP contribution >= 0.6 is 0 Å². The Kier molecular flexibility index (Phi) is 4.14. The van der Waals surface area contributed by atoms with Gasteiger partial charge in [-0.2, -0.15) is 4.31 Å². The number of hydrogen-bond donors (Lipinski definition) is 0. The lowest BCUT2D eigenvalue weighted by molar-refractivity contribution is -0.384. The minimum atomic E-state index is -3.44. The standard InChI is InChI=1S/C16H16N2O4S/c19-18(20)15-8-6-13(7-9-15)12-23(21,22)17-11-10-16(17)14-4-2-1-3-5-14/h1-9,16H,10-12H2. The van der Waals surface area contributed by atoms with Crippen LogP contribution < -0.4 is 0 Å². The lowest BCUT2D eigenvalue weighted by Crippen LogP contribution is -2.45. The fourth-order valence-corrected chi connectivity index (χ4v) is 4.49. The van der Waals surface area contributed by atoms with E-state index in [9.17, 15) is 18.5 Å². The SMILES string of the molecule is O=[N+]([O-])c1ccc(CS(=O)(=O)N2CCC2c2ccccc2)cc1. The number of nitro groups is 1. The quantitative estimate of drug-likeness (QED) is 0.623. The van der Waals surface area contributed by atoms with Gasteiger partial charge >= 0.3 is 0 Å². The van der Waals surface area contributed by atoms with E-state index in [2.05, 4.69) is 0 Å². The fourth-order valence-electron chi connectivity index (χ4n) is 2.71. The van der Waals surface area contributed by atoms with E-state index < -0.39 is 14.9 Å². The molecule has 120 valence electrons. The second-order valence-corrected chi connectivity index (χ2v) is 7.43. The Balaban J connectivity index is 1.75. The summed E-state index contributed by atoms with van der Waals surface area (Å²) in [5.41, 5.74) is 1.50. The van der Waals surface area contributed by atoms with Crippen LogP contribution in [0.4, 0.5) is 5.69 Å². The van der Waals surface area contributed by atoms with Gasteiger partial charge in [-0.05, 0) is 17.5 Å². The summed E-state index contributed by atoms with van der Waals surface area (Å²) in [6.07, 6.45) is 0.809. The van der Waals surface area contributed by atoms with Crippen molar-refractivity contribution in [3.05, 3.63) is 75.8 Å². The maximum atomic E-state index is 12.6. The van der Waals surface area contributed by atoms with E-state index in [1.54, 1.807) is 0 Å². The third-order valence-electron chi connectivity index (χ3n) is 4.01. The van der Waals surface area contributed by atoms with Gasteiger partial charge in [0.2, 0.25) is 10.0 Å². The average Bonchev–Trinajstić information content (AvgIpc) is 2.46. The van der Waals surface area contributed by atoms with E-state index in [4.69, 9.17) is 0 Å². The Morgan fingerprint density at radius 1 is 1.09 bits per heavy atom. The molecule has 0 aromatic heterocycles. The van der Waals surface area contributed by atoms with Crippen LogP contribution in [0.3, 0.4) is 0 Å². The zero-order valence-electron chi connectivity index (χ0n) is 12.3. The van der Waals surface area contributed by atoms with E-state index in [1.807, 2.05) is 30.3 Å². The molecule has 1 aliphatic rings. The second kappa shape index (κ2) is 6.10. The van der Waals surface area contributed by atoms with Crippen LogP contribution in [0, 0.1) is 10.1 Å². The maximum absolute atomic E-state index is 12.6. The van der Waals surface area contributed by atoms with Crippen LogP contribution in [0.15, 0.2) is 54.6 Å². The number of nitro benzene ring substituents is 1. The molecule has 23 heavy (non-hydrogen) atoms. The smallest absolute Gasteiger partial charge is 0.258 e. The molecule has 0 N–H and O–H groups in total. The summed E-state index contributed by atoms with van der Waals surface area (Å²) in [7, 11) is -3.44. The molecular weight excluding hydrogens is 316 g/mol. The summed E-state index contributed by atoms with van der Waals surface area (Å²) in [5.74, 6) is -0.145. The lowest BCUT2D eigenvalue weighted by atomic mass is 9.98. The Labute approximate surface area is 134 Å². The van der Waals surface area contributed by atoms with Gasteiger partial charge in [0.15, 0.2) is 0 Å². The van der Waals surface area contributed by atoms with Gasteiger partial charge in [-0.1, -0.05) is 42.5 Å². The minimum Gasteiger partial charge on any atom is -0.258 e. The maximum Gasteiger partial charge on any atom is 0.269 e. The van der Waals surface area contributed by atoms with Crippen molar-refractivity contribution in [1.29, 1.82) is 0 Å². The minimum absolute atomic E-state index is 0.0442. The topological polar surface area (TPSA) is 80.5 Å². The Hall–Kier alpha value is -2.25. The molecule has 0 radical (unpaired) electrons. The first kappa shape index (κ1) is 15.6. The zero-order chi connectivity index (χ0) is 16.4. The number of non-ortho nitro benzene ring substituents is 1. The van der Waals surface area contributed by atoms with Crippen LogP contribution in [0.2, 0.25) is 0 Å². The third-order valence-corrected chi connectivity index (χ3v) is 5.86. The highest BCUT2D eigenvalue weighted by Crippen LogP contribution is 2.36. The van der Waals surface area contributed by atoms with E-state index in [1.165, 1.54) is 28.6 Å². The van der Waals surface area contributed by atoms with Crippen molar-refractivity contribution in [1.82, 2.24) is 4.31 Å². The normalized spacial score (nSPS) is 18.3. The highest BCUT2D eigenvalue weighted by molar-refractivity contribution is 7.88. The summed E-state index contributed by atoms with van der Waals surface area (Å²) in [4.78, 5) is 10.1. The molecule has 2 aromatic rings. The highest BCUT2D eigenvalue weighted by Gasteiger charge is 2.38. The summed E-state index contributed by atoms with van der Waals surface area (Å²) >= 11 is 0. The van der Waals surface area contributed by atoms with Crippen molar-refractivity contribution >= 4 is 15.7 Å². The molecule has 1 unspecified atom stereocenters. The number of sulfonamides is 1. The van der Waals surface area contributed by atoms with Crippen LogP contribution in [0.25, 0.3) is 0 Å². The first-order chi connectivity index (χ1) is 11.0. The van der Waals surface area contributed by atoms with Gasteiger partial charge in [-0.3, -0.25) is 10.1 Å². The van der Waals surface area contributed by atoms with Gasteiger partial charge in [0.1, 0.15) is 0 Å². The summed E-state index contributed by atoms with van der Waals surface area (Å²) < 4.78 is 26.7. The summed E-state index contributed by atoms with van der Waals surface area (Å²) in [6, 6.07) is 15.1. The van der Waals surface area contributed by atoms with Gasteiger partial charge in [0, 0.05) is 18.7 Å². The third kappa shape index (κ3) is 3.25. The molecule has 0 saturated carbocycles. The number of rotatable bonds is 5. The molecule has 0 aliphatic carbocycles. The van der Waals surface area contributed by atoms with Crippen LogP contribution in [0.1, 0.15) is 23.6 Å². The van der Waals surface area contributed by atoms with Crippen molar-refractivity contribution < 1.29 is 13.3 Å². The van der Waals surface area contributed by atoms with Crippen molar-refractivity contribution in [3.63, 3.8) is 0 Å². The number of nitrogens with zero attached hydrogens (tertiary/aromatic N) is 2. The predicted molar refractivity (Wildman–Crippen MR) is 86.2 cm³/mol. The van der Waals surface area contributed by atoms with E-state index in [0.717, 1.165) is 12.0 Å². The first-order valence-electron chi connectivity index (χ1n) is 7.25. The molecule has 1 heterocycles. The molecule has 1 saturated heterocycles. The predicted octanol–water partition coefficient (Wildman–Crippen LogP) is 2.87. The molecule has 0 amide bonds. The molecule has 0 spiro atoms. The molecule has 3 rings (SSSR count). The van der Waals surface area contributed by atoms with Gasteiger partial charge in [0.25, 0.3) is 5.69 Å². The van der Waals surface area contributed by atoms with Crippen molar-refractivity contribution in [2.75, 3.05) is 6.54 Å². The lowest BCUT2D eigenvalue weighted by Gasteiger charge is -2.40. The summed E-state index contributed by atoms with van der Waals surface area (Å²) in [5, 5.41) is 10.6. The van der Waals surface area contributed by atoms with E-state index in [0.29, 0.717) is 12.1 Å². The van der Waals surface area contributed by atoms with Gasteiger partial charge in [-0.25, -0.2) is 8.42 Å². The number of benzene rings is 2. The van der Waals surface area contributed by atoms with Crippen LogP contribution in [-0.2, 0) is 15.8 Å². The molecule has 6 nitrogen and oxygen atoms in total. The van der Waals surface area contributed by atoms with Crippen LogP contribution in [0.5, 0.6) is 0 Å². The number of hydrogen-bond acceptors (Lipinski definition) is 4. The van der Waals surface area contributed by atoms with Crippen molar-refractivity contribution in [2.24, 2.45) is 0 Å².